The molecule has 20 heavy (non-hydrogen) atoms. The van der Waals surface area contributed by atoms with Gasteiger partial charge in [0.1, 0.15) is 11.5 Å². The number of nitrogen functional groups attached to an aromatic ring is 1. The van der Waals surface area contributed by atoms with Crippen LogP contribution in [-0.4, -0.2) is 13.7 Å². The number of nitrogens with two attached hydrogens (primary N) is 1. The summed E-state index contributed by atoms with van der Waals surface area (Å²) in [6.07, 6.45) is 0.854. The Morgan fingerprint density at radius 3 is 2.40 bits per heavy atom. The standard InChI is InChI=1S/C17H21NO2/c1-4-20-15-7-5-13(6-8-15)10-14-11-16(18)17(19-3)9-12(14)2/h5-9,11H,4,10,18H2,1-3H3. The first-order valence-corrected chi connectivity index (χ1v) is 6.78. The predicted molar refractivity (Wildman–Crippen MR) is 82.6 cm³/mol. The average Bonchev–Trinajstić information content (AvgIpc) is 2.45. The second kappa shape index (κ2) is 6.33. The lowest BCUT2D eigenvalue weighted by atomic mass is 9.99. The zero-order valence-corrected chi connectivity index (χ0v) is 12.3. The van der Waals surface area contributed by atoms with E-state index in [1.807, 2.05) is 31.2 Å². The van der Waals surface area contributed by atoms with Crippen LogP contribution >= 0.6 is 0 Å². The SMILES string of the molecule is CCOc1ccc(Cc2cc(N)c(OC)cc2C)cc1. The largest absolute Gasteiger partial charge is 0.495 e. The summed E-state index contributed by atoms with van der Waals surface area (Å²) in [6, 6.07) is 12.2. The molecule has 0 amide bonds. The summed E-state index contributed by atoms with van der Waals surface area (Å²) in [5, 5.41) is 0. The van der Waals surface area contributed by atoms with Gasteiger partial charge in [-0.2, -0.15) is 0 Å². The van der Waals surface area contributed by atoms with E-state index in [0.29, 0.717) is 12.3 Å². The molecule has 3 heteroatoms. The number of rotatable bonds is 5. The molecule has 2 aromatic carbocycles. The number of ether oxygens (including phenoxy) is 2. The summed E-state index contributed by atoms with van der Waals surface area (Å²) in [5.41, 5.74) is 10.3. The van der Waals surface area contributed by atoms with Gasteiger partial charge in [0.2, 0.25) is 0 Å². The van der Waals surface area contributed by atoms with E-state index in [1.165, 1.54) is 16.7 Å². The Labute approximate surface area is 120 Å². The Kier molecular flexibility index (Phi) is 4.51. The fourth-order valence-electron chi connectivity index (χ4n) is 2.20. The first kappa shape index (κ1) is 14.3. The molecule has 106 valence electrons. The van der Waals surface area contributed by atoms with Crippen molar-refractivity contribution in [3.8, 4) is 11.5 Å². The van der Waals surface area contributed by atoms with Crippen molar-refractivity contribution in [2.75, 3.05) is 19.5 Å². The second-order valence-corrected chi connectivity index (χ2v) is 4.77. The van der Waals surface area contributed by atoms with Crippen molar-refractivity contribution in [3.05, 3.63) is 53.1 Å². The fourth-order valence-corrected chi connectivity index (χ4v) is 2.20. The van der Waals surface area contributed by atoms with E-state index in [2.05, 4.69) is 19.1 Å². The van der Waals surface area contributed by atoms with Gasteiger partial charge in [0.05, 0.1) is 19.4 Å². The van der Waals surface area contributed by atoms with Crippen molar-refractivity contribution in [1.29, 1.82) is 0 Å². The molecule has 0 heterocycles. The molecule has 0 saturated heterocycles. The molecule has 2 aromatic rings. The molecule has 0 atom stereocenters. The Hall–Kier alpha value is -2.16. The molecule has 2 rings (SSSR count). The number of hydrogen-bond acceptors (Lipinski definition) is 3. The molecule has 0 aliphatic rings. The maximum Gasteiger partial charge on any atom is 0.142 e. The summed E-state index contributed by atoms with van der Waals surface area (Å²) in [7, 11) is 1.64. The quantitative estimate of drug-likeness (QED) is 0.845. The zero-order chi connectivity index (χ0) is 14.5. The number of anilines is 1. The maximum atomic E-state index is 5.97. The van der Waals surface area contributed by atoms with Gasteiger partial charge >= 0.3 is 0 Å². The fraction of sp³-hybridized carbons (Fsp3) is 0.294. The molecule has 3 nitrogen and oxygen atoms in total. The lowest BCUT2D eigenvalue weighted by Crippen LogP contribution is -1.98. The molecule has 0 saturated carbocycles. The minimum absolute atomic E-state index is 0.680. The van der Waals surface area contributed by atoms with E-state index in [9.17, 15) is 0 Å². The Bertz CT molecular complexity index is 576. The van der Waals surface area contributed by atoms with Crippen molar-refractivity contribution >= 4 is 5.69 Å². The van der Waals surface area contributed by atoms with Crippen LogP contribution in [0.15, 0.2) is 36.4 Å². The van der Waals surface area contributed by atoms with E-state index in [0.717, 1.165) is 17.9 Å². The van der Waals surface area contributed by atoms with Gasteiger partial charge in [-0.15, -0.1) is 0 Å². The third kappa shape index (κ3) is 3.23. The molecule has 0 fully saturated rings. The average molecular weight is 271 g/mol. The highest BCUT2D eigenvalue weighted by atomic mass is 16.5. The van der Waals surface area contributed by atoms with Crippen molar-refractivity contribution in [1.82, 2.24) is 0 Å². The Morgan fingerprint density at radius 2 is 1.80 bits per heavy atom. The van der Waals surface area contributed by atoms with E-state index >= 15 is 0 Å². The van der Waals surface area contributed by atoms with Crippen LogP contribution in [0.3, 0.4) is 0 Å². The normalized spacial score (nSPS) is 10.3. The molecular weight excluding hydrogens is 250 g/mol. The van der Waals surface area contributed by atoms with E-state index < -0.39 is 0 Å². The van der Waals surface area contributed by atoms with Crippen LogP contribution in [0.4, 0.5) is 5.69 Å². The van der Waals surface area contributed by atoms with Crippen molar-refractivity contribution in [2.45, 2.75) is 20.3 Å². The van der Waals surface area contributed by atoms with Gasteiger partial charge in [-0.05, 0) is 61.2 Å². The molecule has 0 aliphatic heterocycles. The van der Waals surface area contributed by atoms with Crippen LogP contribution in [0.1, 0.15) is 23.6 Å². The van der Waals surface area contributed by atoms with Gasteiger partial charge < -0.3 is 15.2 Å². The van der Waals surface area contributed by atoms with Gasteiger partial charge in [-0.25, -0.2) is 0 Å². The number of hydrogen-bond donors (Lipinski definition) is 1. The van der Waals surface area contributed by atoms with Crippen molar-refractivity contribution in [2.24, 2.45) is 0 Å². The summed E-state index contributed by atoms with van der Waals surface area (Å²) < 4.78 is 10.7. The highest BCUT2D eigenvalue weighted by Crippen LogP contribution is 2.27. The van der Waals surface area contributed by atoms with E-state index in [4.69, 9.17) is 15.2 Å². The first-order chi connectivity index (χ1) is 9.63. The topological polar surface area (TPSA) is 44.5 Å². The first-order valence-electron chi connectivity index (χ1n) is 6.78. The molecule has 0 unspecified atom stereocenters. The third-order valence-corrected chi connectivity index (χ3v) is 3.32. The van der Waals surface area contributed by atoms with Crippen LogP contribution < -0.4 is 15.2 Å². The lowest BCUT2D eigenvalue weighted by molar-refractivity contribution is 0.340. The summed E-state index contributed by atoms with van der Waals surface area (Å²) in [5.74, 6) is 1.64. The molecule has 0 aliphatic carbocycles. The zero-order valence-electron chi connectivity index (χ0n) is 12.3. The molecule has 0 radical (unpaired) electrons. The predicted octanol–water partition coefficient (Wildman–Crippen LogP) is 3.58. The minimum atomic E-state index is 0.680. The third-order valence-electron chi connectivity index (χ3n) is 3.32. The summed E-state index contributed by atoms with van der Waals surface area (Å²) >= 11 is 0. The minimum Gasteiger partial charge on any atom is -0.495 e. The van der Waals surface area contributed by atoms with Crippen LogP contribution in [0.25, 0.3) is 0 Å². The highest BCUT2D eigenvalue weighted by molar-refractivity contribution is 5.57. The van der Waals surface area contributed by atoms with Crippen molar-refractivity contribution in [3.63, 3.8) is 0 Å². The van der Waals surface area contributed by atoms with Crippen LogP contribution in [-0.2, 0) is 6.42 Å². The molecule has 0 spiro atoms. The van der Waals surface area contributed by atoms with Crippen LogP contribution in [0, 0.1) is 6.92 Å². The maximum absolute atomic E-state index is 5.97. The summed E-state index contributed by atoms with van der Waals surface area (Å²) in [6.45, 7) is 4.75. The molecule has 0 aromatic heterocycles. The summed E-state index contributed by atoms with van der Waals surface area (Å²) in [4.78, 5) is 0. The van der Waals surface area contributed by atoms with E-state index in [-0.39, 0.29) is 0 Å². The van der Waals surface area contributed by atoms with Crippen molar-refractivity contribution < 1.29 is 9.47 Å². The highest BCUT2D eigenvalue weighted by Gasteiger charge is 2.06. The van der Waals surface area contributed by atoms with Gasteiger partial charge in [-0.3, -0.25) is 0 Å². The van der Waals surface area contributed by atoms with Crippen LogP contribution in [0.5, 0.6) is 11.5 Å². The monoisotopic (exact) mass is 271 g/mol. The second-order valence-electron chi connectivity index (χ2n) is 4.77. The van der Waals surface area contributed by atoms with Gasteiger partial charge in [0, 0.05) is 0 Å². The molecule has 2 N–H and O–H groups in total. The number of methoxy groups -OCH3 is 1. The van der Waals surface area contributed by atoms with Gasteiger partial charge in [0.15, 0.2) is 0 Å². The molecular formula is C17H21NO2. The Morgan fingerprint density at radius 1 is 1.10 bits per heavy atom. The Balaban J connectivity index is 2.19. The molecule has 0 bridgehead atoms. The smallest absolute Gasteiger partial charge is 0.142 e. The van der Waals surface area contributed by atoms with Gasteiger partial charge in [0.25, 0.3) is 0 Å². The van der Waals surface area contributed by atoms with Crippen LogP contribution in [0.2, 0.25) is 0 Å². The van der Waals surface area contributed by atoms with E-state index in [1.54, 1.807) is 7.11 Å². The lowest BCUT2D eigenvalue weighted by Gasteiger charge is -2.11. The number of benzene rings is 2. The number of aryl methyl sites for hydroxylation is 1. The van der Waals surface area contributed by atoms with Gasteiger partial charge in [-0.1, -0.05) is 12.1 Å².